The number of rotatable bonds is 11. The molecule has 1 amide bonds. The zero-order valence-corrected chi connectivity index (χ0v) is 16.1. The molecule has 0 aliphatic carbocycles. The van der Waals surface area contributed by atoms with Gasteiger partial charge in [0.15, 0.2) is 0 Å². The molecule has 0 aliphatic heterocycles. The van der Waals surface area contributed by atoms with Crippen LogP contribution in [0, 0.1) is 11.3 Å². The quantitative estimate of drug-likeness (QED) is 0.535. The Balaban J connectivity index is 4.53. The fraction of sp³-hybridized carbons (Fsp3) is 0.889. The first-order valence-corrected chi connectivity index (χ1v) is 8.78. The Labute approximate surface area is 147 Å². The Kier molecular flexibility index (Phi) is 11.4. The molecule has 0 saturated heterocycles. The van der Waals surface area contributed by atoms with Crippen molar-refractivity contribution >= 4 is 6.09 Å². The maximum absolute atomic E-state index is 12.2. The molecular formula is C18H34N2O4. The Morgan fingerprint density at radius 1 is 1.25 bits per heavy atom. The summed E-state index contributed by atoms with van der Waals surface area (Å²) >= 11 is 0. The van der Waals surface area contributed by atoms with E-state index in [0.29, 0.717) is 26.0 Å². The molecule has 0 aromatic carbocycles. The van der Waals surface area contributed by atoms with Gasteiger partial charge < -0.3 is 14.2 Å². The van der Waals surface area contributed by atoms with Gasteiger partial charge in [-0.05, 0) is 47.0 Å². The van der Waals surface area contributed by atoms with Gasteiger partial charge in [0.25, 0.3) is 0 Å². The van der Waals surface area contributed by atoms with Gasteiger partial charge in [0.1, 0.15) is 11.6 Å². The fourth-order valence-corrected chi connectivity index (χ4v) is 2.16. The predicted molar refractivity (Wildman–Crippen MR) is 93.8 cm³/mol. The minimum atomic E-state index is -0.577. The molecular weight excluding hydrogens is 308 g/mol. The van der Waals surface area contributed by atoms with Crippen LogP contribution in [0.1, 0.15) is 60.3 Å². The van der Waals surface area contributed by atoms with Gasteiger partial charge in [-0.2, -0.15) is 5.26 Å². The summed E-state index contributed by atoms with van der Waals surface area (Å²) in [5.74, 6) is 0. The van der Waals surface area contributed by atoms with E-state index in [2.05, 4.69) is 13.0 Å². The summed E-state index contributed by atoms with van der Waals surface area (Å²) in [5.41, 5.74) is -0.577. The second-order valence-corrected chi connectivity index (χ2v) is 6.77. The van der Waals surface area contributed by atoms with Crippen molar-refractivity contribution in [3.63, 3.8) is 0 Å². The lowest BCUT2D eigenvalue weighted by atomic mass is 10.1. The summed E-state index contributed by atoms with van der Waals surface area (Å²) in [7, 11) is 1.64. The second kappa shape index (κ2) is 12.1. The first-order valence-electron chi connectivity index (χ1n) is 8.78. The number of nitriles is 1. The van der Waals surface area contributed by atoms with E-state index in [4.69, 9.17) is 14.2 Å². The molecule has 0 aromatic heterocycles. The molecule has 24 heavy (non-hydrogen) atoms. The zero-order chi connectivity index (χ0) is 18.6. The normalized spacial score (nSPS) is 13.9. The highest BCUT2D eigenvalue weighted by atomic mass is 16.6. The highest BCUT2D eigenvalue weighted by Gasteiger charge is 2.27. The van der Waals surface area contributed by atoms with E-state index in [1.807, 2.05) is 27.7 Å². The first-order chi connectivity index (χ1) is 11.3. The van der Waals surface area contributed by atoms with Crippen molar-refractivity contribution < 1.29 is 19.0 Å². The summed E-state index contributed by atoms with van der Waals surface area (Å²) in [4.78, 5) is 13.7. The van der Waals surface area contributed by atoms with Crippen molar-refractivity contribution in [3.05, 3.63) is 0 Å². The van der Waals surface area contributed by atoms with Crippen molar-refractivity contribution in [2.75, 3.05) is 26.9 Å². The number of methoxy groups -OCH3 is 1. The summed E-state index contributed by atoms with van der Waals surface area (Å²) in [6, 6.07) is 1.67. The Morgan fingerprint density at radius 2 is 1.92 bits per heavy atom. The van der Waals surface area contributed by atoms with Gasteiger partial charge in [-0.1, -0.05) is 13.3 Å². The molecule has 0 rings (SSSR count). The van der Waals surface area contributed by atoms with Crippen LogP contribution in [0.4, 0.5) is 4.79 Å². The molecule has 0 spiro atoms. The van der Waals surface area contributed by atoms with E-state index in [1.165, 1.54) is 4.90 Å². The fourth-order valence-electron chi connectivity index (χ4n) is 2.16. The summed E-state index contributed by atoms with van der Waals surface area (Å²) < 4.78 is 16.4. The summed E-state index contributed by atoms with van der Waals surface area (Å²) in [5, 5.41) is 9.43. The van der Waals surface area contributed by atoms with Crippen molar-refractivity contribution in [2.24, 2.45) is 0 Å². The number of amides is 1. The van der Waals surface area contributed by atoms with Crippen LogP contribution in [0.2, 0.25) is 0 Å². The summed E-state index contributed by atoms with van der Waals surface area (Å²) in [6.45, 7) is 11.1. The molecule has 6 heteroatoms. The average molecular weight is 342 g/mol. The van der Waals surface area contributed by atoms with Gasteiger partial charge in [-0.15, -0.1) is 0 Å². The van der Waals surface area contributed by atoms with Crippen molar-refractivity contribution in [3.8, 4) is 6.07 Å². The number of carbonyl (C=O) groups excluding carboxylic acids is 1. The second-order valence-electron chi connectivity index (χ2n) is 6.77. The molecule has 6 nitrogen and oxygen atoms in total. The standard InChI is InChI=1S/C18H34N2O4/c1-7-9-12-23-14-16(22-6)11-10-15(13-19)20(8-2)17(21)24-18(3,4)5/h15-16H,7-12,14H2,1-6H3/t15?,16-/m0/s1. The Hall–Kier alpha value is -1.32. The highest BCUT2D eigenvalue weighted by Crippen LogP contribution is 2.15. The van der Waals surface area contributed by atoms with Crippen molar-refractivity contribution in [1.29, 1.82) is 5.26 Å². The van der Waals surface area contributed by atoms with Crippen molar-refractivity contribution in [2.45, 2.75) is 78.0 Å². The van der Waals surface area contributed by atoms with Gasteiger partial charge in [-0.3, -0.25) is 4.90 Å². The van der Waals surface area contributed by atoms with E-state index in [-0.39, 0.29) is 6.10 Å². The molecule has 140 valence electrons. The molecule has 2 atom stereocenters. The number of hydrogen-bond donors (Lipinski definition) is 0. The van der Waals surface area contributed by atoms with Crippen LogP contribution in [0.5, 0.6) is 0 Å². The SMILES string of the molecule is CCCCOC[C@H](CCC(C#N)N(CC)C(=O)OC(C)(C)C)OC. The van der Waals surface area contributed by atoms with E-state index < -0.39 is 17.7 Å². The zero-order valence-electron chi connectivity index (χ0n) is 16.1. The van der Waals surface area contributed by atoms with E-state index in [0.717, 1.165) is 19.4 Å². The molecule has 0 aromatic rings. The smallest absolute Gasteiger partial charge is 0.411 e. The maximum Gasteiger partial charge on any atom is 0.411 e. The molecule has 0 bridgehead atoms. The van der Waals surface area contributed by atoms with Crippen LogP contribution < -0.4 is 0 Å². The number of carbonyl (C=O) groups is 1. The molecule has 0 N–H and O–H groups in total. The van der Waals surface area contributed by atoms with Gasteiger partial charge in [0.05, 0.1) is 18.8 Å². The maximum atomic E-state index is 12.2. The molecule has 1 unspecified atom stereocenters. The lowest BCUT2D eigenvalue weighted by Gasteiger charge is -2.30. The van der Waals surface area contributed by atoms with Crippen LogP contribution in [0.15, 0.2) is 0 Å². The van der Waals surface area contributed by atoms with Gasteiger partial charge in [0.2, 0.25) is 0 Å². The van der Waals surface area contributed by atoms with Crippen molar-refractivity contribution in [1.82, 2.24) is 4.90 Å². The third-order valence-corrected chi connectivity index (χ3v) is 3.54. The van der Waals surface area contributed by atoms with E-state index >= 15 is 0 Å². The van der Waals surface area contributed by atoms with E-state index in [1.54, 1.807) is 7.11 Å². The molecule has 0 fully saturated rings. The lowest BCUT2D eigenvalue weighted by molar-refractivity contribution is -0.00278. The van der Waals surface area contributed by atoms with Gasteiger partial charge >= 0.3 is 6.09 Å². The number of ether oxygens (including phenoxy) is 3. The topological polar surface area (TPSA) is 71.8 Å². The lowest BCUT2D eigenvalue weighted by Crippen LogP contribution is -2.43. The van der Waals surface area contributed by atoms with Crippen LogP contribution in [-0.4, -0.2) is 55.6 Å². The van der Waals surface area contributed by atoms with Crippen LogP contribution in [0.3, 0.4) is 0 Å². The highest BCUT2D eigenvalue weighted by molar-refractivity contribution is 5.69. The predicted octanol–water partition coefficient (Wildman–Crippen LogP) is 3.75. The Morgan fingerprint density at radius 3 is 2.38 bits per heavy atom. The minimum absolute atomic E-state index is 0.0740. The van der Waals surface area contributed by atoms with Gasteiger partial charge in [-0.25, -0.2) is 4.79 Å². The molecule has 0 saturated carbocycles. The average Bonchev–Trinajstić information content (AvgIpc) is 2.51. The third-order valence-electron chi connectivity index (χ3n) is 3.54. The van der Waals surface area contributed by atoms with Gasteiger partial charge in [0, 0.05) is 20.3 Å². The number of nitrogens with zero attached hydrogens (tertiary/aromatic N) is 2. The molecule has 0 radical (unpaired) electrons. The first kappa shape index (κ1) is 22.7. The monoisotopic (exact) mass is 342 g/mol. The minimum Gasteiger partial charge on any atom is -0.444 e. The van der Waals surface area contributed by atoms with Crippen LogP contribution >= 0.6 is 0 Å². The number of hydrogen-bond acceptors (Lipinski definition) is 5. The van der Waals surface area contributed by atoms with E-state index in [9.17, 15) is 10.1 Å². The largest absolute Gasteiger partial charge is 0.444 e. The summed E-state index contributed by atoms with van der Waals surface area (Å²) in [6.07, 6.45) is 2.77. The van der Waals surface area contributed by atoms with Crippen LogP contribution in [-0.2, 0) is 14.2 Å². The number of unbranched alkanes of at least 4 members (excludes halogenated alkanes) is 1. The van der Waals surface area contributed by atoms with Crippen LogP contribution in [0.25, 0.3) is 0 Å². The molecule has 0 aliphatic rings. The molecule has 0 heterocycles. The Bertz CT molecular complexity index is 387. The third kappa shape index (κ3) is 9.74.